The van der Waals surface area contributed by atoms with Crippen molar-refractivity contribution < 1.29 is 4.79 Å². The molecule has 0 aliphatic heterocycles. The third-order valence-electron chi connectivity index (χ3n) is 4.08. The first-order chi connectivity index (χ1) is 8.99. The minimum Gasteiger partial charge on any atom is -0.349 e. The van der Waals surface area contributed by atoms with Crippen LogP contribution in [-0.4, -0.2) is 16.9 Å². The van der Waals surface area contributed by atoms with Crippen molar-refractivity contribution in [3.8, 4) is 0 Å². The Hall–Kier alpha value is -0.800. The maximum absolute atomic E-state index is 12.2. The molecular formula is C14H18Cl2N2O. The summed E-state index contributed by atoms with van der Waals surface area (Å²) in [5, 5.41) is 3.61. The number of rotatable bonds is 2. The van der Waals surface area contributed by atoms with Crippen molar-refractivity contribution in [2.45, 2.75) is 39.2 Å². The molecule has 2 rings (SSSR count). The summed E-state index contributed by atoms with van der Waals surface area (Å²) >= 11 is 11.6. The highest BCUT2D eigenvalue weighted by molar-refractivity contribution is 6.41. The molecule has 3 atom stereocenters. The molecule has 0 radical (unpaired) electrons. The molecule has 0 aromatic carbocycles. The van der Waals surface area contributed by atoms with Gasteiger partial charge in [-0.3, -0.25) is 4.79 Å². The molecule has 1 heterocycles. The molecule has 19 heavy (non-hydrogen) atoms. The lowest BCUT2D eigenvalue weighted by Crippen LogP contribution is -2.43. The Morgan fingerprint density at radius 2 is 2.11 bits per heavy atom. The van der Waals surface area contributed by atoms with Gasteiger partial charge in [0.25, 0.3) is 5.91 Å². The molecule has 0 bridgehead atoms. The monoisotopic (exact) mass is 300 g/mol. The van der Waals surface area contributed by atoms with Crippen LogP contribution >= 0.6 is 23.2 Å². The van der Waals surface area contributed by atoms with Crippen LogP contribution in [0.5, 0.6) is 0 Å². The lowest BCUT2D eigenvalue weighted by atomic mass is 9.78. The molecule has 1 aliphatic carbocycles. The second kappa shape index (κ2) is 6.10. The first-order valence-electron chi connectivity index (χ1n) is 6.61. The summed E-state index contributed by atoms with van der Waals surface area (Å²) in [6, 6.07) is 1.79. The summed E-state index contributed by atoms with van der Waals surface area (Å²) in [5.41, 5.74) is 0.458. The van der Waals surface area contributed by atoms with E-state index in [9.17, 15) is 4.79 Å². The van der Waals surface area contributed by atoms with Crippen LogP contribution in [0.1, 0.15) is 43.5 Å². The Kier molecular flexibility index (Phi) is 4.69. The standard InChI is InChI=1S/C14H18Cl2N2O/c1-8-4-3-5-12(9(8)2)18-14(19)10-6-11(15)13(16)17-7-10/h6-9,12H,3-5H2,1-2H3,(H,18,19). The SMILES string of the molecule is CC1CCCC(NC(=O)c2cnc(Cl)c(Cl)c2)C1C. The number of halogens is 2. The van der Waals surface area contributed by atoms with Gasteiger partial charge in [0.15, 0.2) is 0 Å². The summed E-state index contributed by atoms with van der Waals surface area (Å²) in [5.74, 6) is 1.01. The molecule has 104 valence electrons. The van der Waals surface area contributed by atoms with E-state index in [0.717, 1.165) is 12.8 Å². The average molecular weight is 301 g/mol. The van der Waals surface area contributed by atoms with Gasteiger partial charge in [0.2, 0.25) is 0 Å². The molecule has 5 heteroatoms. The quantitative estimate of drug-likeness (QED) is 0.841. The average Bonchev–Trinajstić information content (AvgIpc) is 2.38. The molecule has 0 saturated heterocycles. The molecule has 1 aliphatic rings. The number of carbonyl (C=O) groups is 1. The number of amides is 1. The number of hydrogen-bond donors (Lipinski definition) is 1. The van der Waals surface area contributed by atoms with Gasteiger partial charge in [-0.2, -0.15) is 0 Å². The molecule has 1 aromatic rings. The van der Waals surface area contributed by atoms with E-state index < -0.39 is 0 Å². The Bertz CT molecular complexity index is 479. The van der Waals surface area contributed by atoms with Crippen molar-refractivity contribution in [1.82, 2.24) is 10.3 Å². The van der Waals surface area contributed by atoms with Gasteiger partial charge in [-0.1, -0.05) is 49.9 Å². The molecular weight excluding hydrogens is 283 g/mol. The normalized spacial score (nSPS) is 27.1. The molecule has 1 saturated carbocycles. The van der Waals surface area contributed by atoms with E-state index in [4.69, 9.17) is 23.2 Å². The zero-order valence-electron chi connectivity index (χ0n) is 11.1. The third-order valence-corrected chi connectivity index (χ3v) is 4.77. The molecule has 1 fully saturated rings. The highest BCUT2D eigenvalue weighted by atomic mass is 35.5. The number of pyridine rings is 1. The van der Waals surface area contributed by atoms with Gasteiger partial charge in [-0.15, -0.1) is 0 Å². The smallest absolute Gasteiger partial charge is 0.253 e. The van der Waals surface area contributed by atoms with Gasteiger partial charge in [0, 0.05) is 12.2 Å². The largest absolute Gasteiger partial charge is 0.349 e. The second-order valence-corrected chi connectivity index (χ2v) is 6.11. The number of hydrogen-bond acceptors (Lipinski definition) is 2. The summed E-state index contributed by atoms with van der Waals surface area (Å²) < 4.78 is 0. The molecule has 3 unspecified atom stereocenters. The maximum Gasteiger partial charge on any atom is 0.253 e. The Balaban J connectivity index is 2.06. The van der Waals surface area contributed by atoms with Crippen LogP contribution in [0.4, 0.5) is 0 Å². The van der Waals surface area contributed by atoms with Crippen LogP contribution in [0.15, 0.2) is 12.3 Å². The number of nitrogens with zero attached hydrogens (tertiary/aromatic N) is 1. The number of carbonyl (C=O) groups excluding carboxylic acids is 1. The minimum atomic E-state index is -0.128. The first kappa shape index (κ1) is 14.6. The van der Waals surface area contributed by atoms with Crippen molar-refractivity contribution in [2.24, 2.45) is 11.8 Å². The van der Waals surface area contributed by atoms with Crippen LogP contribution in [0, 0.1) is 11.8 Å². The fourth-order valence-electron chi connectivity index (χ4n) is 2.58. The van der Waals surface area contributed by atoms with Gasteiger partial charge >= 0.3 is 0 Å². The summed E-state index contributed by atoms with van der Waals surface area (Å²) in [6.07, 6.45) is 4.89. The van der Waals surface area contributed by atoms with E-state index in [2.05, 4.69) is 24.1 Å². The Morgan fingerprint density at radius 3 is 2.79 bits per heavy atom. The van der Waals surface area contributed by atoms with Crippen LogP contribution in [0.25, 0.3) is 0 Å². The van der Waals surface area contributed by atoms with Crippen LogP contribution in [0.2, 0.25) is 10.2 Å². The number of nitrogens with one attached hydrogen (secondary N) is 1. The van der Waals surface area contributed by atoms with E-state index in [1.54, 1.807) is 6.07 Å². The van der Waals surface area contributed by atoms with Crippen LogP contribution in [-0.2, 0) is 0 Å². The minimum absolute atomic E-state index is 0.128. The van der Waals surface area contributed by atoms with Gasteiger partial charge in [-0.05, 0) is 24.3 Å². The van der Waals surface area contributed by atoms with E-state index >= 15 is 0 Å². The highest BCUT2D eigenvalue weighted by Crippen LogP contribution is 2.29. The van der Waals surface area contributed by atoms with E-state index in [0.29, 0.717) is 22.4 Å². The highest BCUT2D eigenvalue weighted by Gasteiger charge is 2.28. The van der Waals surface area contributed by atoms with Gasteiger partial charge in [0.05, 0.1) is 10.6 Å². The second-order valence-electron chi connectivity index (χ2n) is 5.34. The van der Waals surface area contributed by atoms with Crippen molar-refractivity contribution in [1.29, 1.82) is 0 Å². The fraction of sp³-hybridized carbons (Fsp3) is 0.571. The lowest BCUT2D eigenvalue weighted by molar-refractivity contribution is 0.0890. The van der Waals surface area contributed by atoms with Crippen molar-refractivity contribution in [2.75, 3.05) is 0 Å². The van der Waals surface area contributed by atoms with Gasteiger partial charge in [-0.25, -0.2) is 4.98 Å². The van der Waals surface area contributed by atoms with E-state index in [1.807, 2.05) is 0 Å². The topological polar surface area (TPSA) is 42.0 Å². The Morgan fingerprint density at radius 1 is 1.37 bits per heavy atom. The first-order valence-corrected chi connectivity index (χ1v) is 7.36. The summed E-state index contributed by atoms with van der Waals surface area (Å²) in [4.78, 5) is 16.1. The molecule has 3 nitrogen and oxygen atoms in total. The predicted octanol–water partition coefficient (Wildman–Crippen LogP) is 3.94. The van der Waals surface area contributed by atoms with Crippen molar-refractivity contribution >= 4 is 29.1 Å². The fourth-order valence-corrected chi connectivity index (χ4v) is 2.85. The molecule has 0 spiro atoms. The van der Waals surface area contributed by atoms with E-state index in [1.165, 1.54) is 12.6 Å². The number of aromatic nitrogens is 1. The molecule has 1 aromatic heterocycles. The zero-order valence-corrected chi connectivity index (χ0v) is 12.6. The Labute approximate surface area is 123 Å². The van der Waals surface area contributed by atoms with Crippen LogP contribution < -0.4 is 5.32 Å². The van der Waals surface area contributed by atoms with Crippen molar-refractivity contribution in [3.05, 3.63) is 28.0 Å². The summed E-state index contributed by atoms with van der Waals surface area (Å²) in [7, 11) is 0. The van der Waals surface area contributed by atoms with Crippen LogP contribution in [0.3, 0.4) is 0 Å². The van der Waals surface area contributed by atoms with Gasteiger partial charge < -0.3 is 5.32 Å². The third kappa shape index (κ3) is 3.40. The molecule has 1 amide bonds. The van der Waals surface area contributed by atoms with Crippen molar-refractivity contribution in [3.63, 3.8) is 0 Å². The van der Waals surface area contributed by atoms with E-state index in [-0.39, 0.29) is 17.1 Å². The zero-order chi connectivity index (χ0) is 14.0. The lowest BCUT2D eigenvalue weighted by Gasteiger charge is -2.34. The summed E-state index contributed by atoms with van der Waals surface area (Å²) in [6.45, 7) is 4.44. The molecule has 1 N–H and O–H groups in total. The van der Waals surface area contributed by atoms with Gasteiger partial charge in [0.1, 0.15) is 5.15 Å². The predicted molar refractivity (Wildman–Crippen MR) is 77.7 cm³/mol. The maximum atomic E-state index is 12.2.